The predicted molar refractivity (Wildman–Crippen MR) is 100.0 cm³/mol. The lowest BCUT2D eigenvalue weighted by molar-refractivity contribution is -0.0106. The topological polar surface area (TPSA) is 47.9 Å². The first kappa shape index (κ1) is 24.5. The van der Waals surface area contributed by atoms with Crippen LogP contribution < -0.4 is 0 Å². The zero-order valence-electron chi connectivity index (χ0n) is 15.1. The molecule has 0 aliphatic heterocycles. The van der Waals surface area contributed by atoms with Gasteiger partial charge in [0.15, 0.2) is 8.38 Å². The molecular formula is C17H30BO4P. The summed E-state index contributed by atoms with van der Waals surface area (Å²) >= 11 is 0. The molecule has 130 valence electrons. The van der Waals surface area contributed by atoms with Crippen molar-refractivity contribution in [3.63, 3.8) is 0 Å². The molecular weight excluding hydrogens is 310 g/mol. The van der Waals surface area contributed by atoms with E-state index >= 15 is 0 Å². The van der Waals surface area contributed by atoms with Crippen LogP contribution in [0.15, 0.2) is 42.2 Å². The molecule has 1 unspecified atom stereocenters. The molecule has 6 heteroatoms. The Morgan fingerprint density at radius 1 is 1.09 bits per heavy atom. The van der Waals surface area contributed by atoms with Crippen molar-refractivity contribution in [2.24, 2.45) is 0 Å². The zero-order valence-corrected chi connectivity index (χ0v) is 16.0. The highest BCUT2D eigenvalue weighted by Gasteiger charge is 2.19. The maximum atomic E-state index is 9.41. The van der Waals surface area contributed by atoms with E-state index in [9.17, 15) is 4.89 Å². The van der Waals surface area contributed by atoms with Crippen LogP contribution in [-0.4, -0.2) is 46.3 Å². The summed E-state index contributed by atoms with van der Waals surface area (Å²) < 4.78 is 15.7. The number of ether oxygens (including phenoxy) is 2. The summed E-state index contributed by atoms with van der Waals surface area (Å²) in [5.41, 5.74) is 1.18. The monoisotopic (exact) mass is 340 g/mol. The van der Waals surface area contributed by atoms with E-state index in [-0.39, 0.29) is 12.2 Å². The fraction of sp³-hybridized carbons (Fsp3) is 0.529. The van der Waals surface area contributed by atoms with Crippen LogP contribution in [0.3, 0.4) is 0 Å². The molecule has 1 aromatic carbocycles. The molecule has 0 saturated heterocycles. The van der Waals surface area contributed by atoms with E-state index in [1.165, 1.54) is 19.5 Å². The van der Waals surface area contributed by atoms with Crippen molar-refractivity contribution < 1.29 is 18.9 Å². The van der Waals surface area contributed by atoms with Crippen molar-refractivity contribution in [1.82, 2.24) is 0 Å². The number of hydrogen-bond acceptors (Lipinski definition) is 4. The van der Waals surface area contributed by atoms with E-state index in [0.29, 0.717) is 0 Å². The van der Waals surface area contributed by atoms with Crippen molar-refractivity contribution >= 4 is 16.2 Å². The minimum absolute atomic E-state index is 0.107. The first-order chi connectivity index (χ1) is 11.2. The molecule has 0 bridgehead atoms. The summed E-state index contributed by atoms with van der Waals surface area (Å²) in [5.74, 6) is 1.61. The van der Waals surface area contributed by atoms with Crippen molar-refractivity contribution in [1.29, 1.82) is 0 Å². The van der Waals surface area contributed by atoms with Gasteiger partial charge in [-0.1, -0.05) is 51.0 Å². The summed E-state index contributed by atoms with van der Waals surface area (Å²) in [4.78, 5) is 9.41. The number of benzene rings is 1. The minimum atomic E-state index is -1.52. The van der Waals surface area contributed by atoms with E-state index in [1.807, 2.05) is 32.0 Å². The van der Waals surface area contributed by atoms with Crippen LogP contribution in [0.1, 0.15) is 19.4 Å². The van der Waals surface area contributed by atoms with E-state index in [1.54, 1.807) is 26.1 Å². The van der Waals surface area contributed by atoms with Gasteiger partial charge in [0.25, 0.3) is 0 Å². The van der Waals surface area contributed by atoms with Gasteiger partial charge in [0.2, 0.25) is 0 Å². The Bertz CT molecular complexity index is 376. The fourth-order valence-corrected chi connectivity index (χ4v) is 2.19. The molecule has 1 rings (SSSR count). The van der Waals surface area contributed by atoms with Crippen LogP contribution in [0.4, 0.5) is 0 Å². The van der Waals surface area contributed by atoms with Crippen LogP contribution in [0.25, 0.3) is 0 Å². The highest BCUT2D eigenvalue weighted by Crippen LogP contribution is 2.31. The largest absolute Gasteiger partial charge is 0.378 e. The van der Waals surface area contributed by atoms with Gasteiger partial charge in [-0.15, -0.1) is 0 Å². The second-order valence-electron chi connectivity index (χ2n) is 3.99. The second-order valence-corrected chi connectivity index (χ2v) is 5.26. The summed E-state index contributed by atoms with van der Waals surface area (Å²) in [6, 6.07) is 10.1. The van der Waals surface area contributed by atoms with Crippen molar-refractivity contribution in [3.8, 4) is 0 Å². The Kier molecular flexibility index (Phi) is 18.8. The van der Waals surface area contributed by atoms with Gasteiger partial charge >= 0.3 is 0 Å². The van der Waals surface area contributed by atoms with Gasteiger partial charge in [-0.3, -0.25) is 0 Å². The van der Waals surface area contributed by atoms with Gasteiger partial charge in [0.1, 0.15) is 6.10 Å². The molecule has 0 saturated carbocycles. The Labute approximate surface area is 144 Å². The molecule has 3 atom stereocenters. The molecule has 4 nitrogen and oxygen atoms in total. The lowest BCUT2D eigenvalue weighted by Gasteiger charge is -2.22. The molecule has 0 aliphatic rings. The average Bonchev–Trinajstić information content (AvgIpc) is 2.65. The summed E-state index contributed by atoms with van der Waals surface area (Å²) in [6.45, 7) is 5.50. The van der Waals surface area contributed by atoms with Gasteiger partial charge in [-0.05, 0) is 17.5 Å². The third-order valence-electron chi connectivity index (χ3n) is 2.81. The number of rotatable bonds is 8. The SMILES string of the molecule is CC.CO[C@@H](Cc1ccccc1)[C@@H](/C=C/P(O)OC)OC.[B]C. The Morgan fingerprint density at radius 3 is 2.09 bits per heavy atom. The van der Waals surface area contributed by atoms with Crippen LogP contribution in [0.5, 0.6) is 0 Å². The van der Waals surface area contributed by atoms with Gasteiger partial charge in [0, 0.05) is 27.8 Å². The second kappa shape index (κ2) is 17.6. The Hall–Kier alpha value is -0.705. The van der Waals surface area contributed by atoms with Crippen molar-refractivity contribution in [2.45, 2.75) is 39.3 Å². The molecule has 0 aromatic heterocycles. The summed E-state index contributed by atoms with van der Waals surface area (Å²) in [7, 11) is 7.73. The highest BCUT2D eigenvalue weighted by atomic mass is 31.2. The molecule has 0 heterocycles. The van der Waals surface area contributed by atoms with Gasteiger partial charge in [0.05, 0.1) is 14.0 Å². The van der Waals surface area contributed by atoms with E-state index < -0.39 is 8.38 Å². The van der Waals surface area contributed by atoms with Crippen molar-refractivity contribution in [2.75, 3.05) is 21.3 Å². The van der Waals surface area contributed by atoms with Crippen LogP contribution in [0, 0.1) is 0 Å². The Balaban J connectivity index is 0. The quantitative estimate of drug-likeness (QED) is 0.575. The van der Waals surface area contributed by atoms with Crippen molar-refractivity contribution in [3.05, 3.63) is 47.8 Å². The molecule has 0 spiro atoms. The smallest absolute Gasteiger partial charge is 0.194 e. The summed E-state index contributed by atoms with van der Waals surface area (Å²) in [6.07, 6.45) is 2.20. The highest BCUT2D eigenvalue weighted by molar-refractivity contribution is 7.49. The summed E-state index contributed by atoms with van der Waals surface area (Å²) in [5, 5.41) is 0. The molecule has 23 heavy (non-hydrogen) atoms. The molecule has 0 amide bonds. The zero-order chi connectivity index (χ0) is 18.1. The third-order valence-corrected chi connectivity index (χ3v) is 3.61. The van der Waals surface area contributed by atoms with E-state index in [0.717, 1.165) is 6.42 Å². The molecule has 2 radical (unpaired) electrons. The first-order valence-corrected chi connectivity index (χ1v) is 8.87. The molecule has 0 aliphatic carbocycles. The first-order valence-electron chi connectivity index (χ1n) is 7.59. The van der Waals surface area contributed by atoms with Gasteiger partial charge in [-0.25, -0.2) is 0 Å². The lowest BCUT2D eigenvalue weighted by atomic mass is 10.0. The fourth-order valence-electron chi connectivity index (χ4n) is 1.75. The van der Waals surface area contributed by atoms with Gasteiger partial charge in [-0.2, -0.15) is 0 Å². The number of methoxy groups -OCH3 is 2. The number of hydrogen-bond donors (Lipinski definition) is 1. The van der Waals surface area contributed by atoms with E-state index in [4.69, 9.17) is 14.0 Å². The molecule has 0 fully saturated rings. The average molecular weight is 340 g/mol. The van der Waals surface area contributed by atoms with Crippen LogP contribution in [0.2, 0.25) is 6.82 Å². The van der Waals surface area contributed by atoms with Crippen LogP contribution in [-0.2, 0) is 20.4 Å². The minimum Gasteiger partial charge on any atom is -0.378 e. The third kappa shape index (κ3) is 11.5. The molecule has 1 N–H and O–H groups in total. The normalized spacial score (nSPS) is 14.0. The maximum Gasteiger partial charge on any atom is 0.194 e. The maximum absolute atomic E-state index is 9.41. The predicted octanol–water partition coefficient (Wildman–Crippen LogP) is 3.95. The van der Waals surface area contributed by atoms with Crippen LogP contribution >= 0.6 is 8.38 Å². The standard InChI is InChI=1S/C14H21O4P.C2H6.CH3B/c1-16-13(9-10-19(15)18-3)14(17-2)11-12-7-5-4-6-8-12;2*1-2/h4-10,13-15H,11H2,1-3H3;1-2H3;1H3/b10-9+;;/t13-,14+,19?;;/m1../s1. The van der Waals surface area contributed by atoms with E-state index in [2.05, 4.69) is 20.0 Å². The lowest BCUT2D eigenvalue weighted by Crippen LogP contribution is -2.30. The molecule has 1 aromatic rings. The Morgan fingerprint density at radius 2 is 1.65 bits per heavy atom. The van der Waals surface area contributed by atoms with Gasteiger partial charge < -0.3 is 18.9 Å².